The molecule has 0 aliphatic heterocycles. The molecule has 2 aromatic carbocycles. The molecule has 1 N–H and O–H groups in total. The molecule has 0 spiro atoms. The minimum atomic E-state index is -0.549. The maximum absolute atomic E-state index is 12.3. The van der Waals surface area contributed by atoms with Gasteiger partial charge in [-0.3, -0.25) is 14.9 Å². The first-order chi connectivity index (χ1) is 12.6. The molecule has 3 aromatic rings. The SMILES string of the molecule is O=C(Nc1ccc([N+](=O)[O-])cn1)c1cccc(OCc2ccccc2)c1. The average molecular weight is 349 g/mol. The number of rotatable bonds is 6. The number of carbonyl (C=O) groups excluding carboxylic acids is 1. The summed E-state index contributed by atoms with van der Waals surface area (Å²) in [5, 5.41) is 13.2. The van der Waals surface area contributed by atoms with Crippen LogP contribution in [-0.4, -0.2) is 15.8 Å². The van der Waals surface area contributed by atoms with E-state index in [1.807, 2.05) is 30.3 Å². The molecule has 0 saturated carbocycles. The van der Waals surface area contributed by atoms with Gasteiger partial charge in [0.05, 0.1) is 4.92 Å². The first-order valence-electron chi connectivity index (χ1n) is 7.80. The highest BCUT2D eigenvalue weighted by Crippen LogP contribution is 2.17. The van der Waals surface area contributed by atoms with Crippen molar-refractivity contribution in [2.75, 3.05) is 5.32 Å². The molecule has 0 radical (unpaired) electrons. The summed E-state index contributed by atoms with van der Waals surface area (Å²) in [5.41, 5.74) is 1.28. The van der Waals surface area contributed by atoms with Crippen LogP contribution in [0.25, 0.3) is 0 Å². The zero-order valence-electron chi connectivity index (χ0n) is 13.7. The van der Waals surface area contributed by atoms with Gasteiger partial charge in [-0.2, -0.15) is 0 Å². The number of hydrogen-bond acceptors (Lipinski definition) is 5. The van der Waals surface area contributed by atoms with E-state index in [0.717, 1.165) is 11.8 Å². The number of anilines is 1. The summed E-state index contributed by atoms with van der Waals surface area (Å²) in [6.45, 7) is 0.399. The molecule has 1 amide bonds. The molecule has 1 heterocycles. The number of carbonyl (C=O) groups is 1. The molecule has 26 heavy (non-hydrogen) atoms. The molecule has 1 aromatic heterocycles. The summed E-state index contributed by atoms with van der Waals surface area (Å²) < 4.78 is 5.70. The molecular weight excluding hydrogens is 334 g/mol. The highest BCUT2D eigenvalue weighted by molar-refractivity contribution is 6.04. The first kappa shape index (κ1) is 17.1. The van der Waals surface area contributed by atoms with Crippen molar-refractivity contribution in [3.05, 3.63) is 94.2 Å². The van der Waals surface area contributed by atoms with Crippen LogP contribution in [0, 0.1) is 10.1 Å². The van der Waals surface area contributed by atoms with E-state index in [9.17, 15) is 14.9 Å². The second-order valence-electron chi connectivity index (χ2n) is 5.41. The summed E-state index contributed by atoms with van der Waals surface area (Å²) >= 11 is 0. The Bertz CT molecular complexity index is 912. The quantitative estimate of drug-likeness (QED) is 0.539. The van der Waals surface area contributed by atoms with Crippen molar-refractivity contribution >= 4 is 17.4 Å². The number of amides is 1. The predicted molar refractivity (Wildman–Crippen MR) is 96.1 cm³/mol. The fourth-order valence-electron chi connectivity index (χ4n) is 2.22. The van der Waals surface area contributed by atoms with Crippen LogP contribution >= 0.6 is 0 Å². The lowest BCUT2D eigenvalue weighted by Gasteiger charge is -2.08. The smallest absolute Gasteiger partial charge is 0.287 e. The van der Waals surface area contributed by atoms with Crippen molar-refractivity contribution < 1.29 is 14.5 Å². The fourth-order valence-corrected chi connectivity index (χ4v) is 2.22. The van der Waals surface area contributed by atoms with E-state index >= 15 is 0 Å². The Hall–Kier alpha value is -3.74. The van der Waals surface area contributed by atoms with Crippen molar-refractivity contribution in [2.45, 2.75) is 6.61 Å². The van der Waals surface area contributed by atoms with Crippen LogP contribution in [0.15, 0.2) is 72.9 Å². The average Bonchev–Trinajstić information content (AvgIpc) is 2.68. The molecular formula is C19H15N3O4. The number of nitrogens with zero attached hydrogens (tertiary/aromatic N) is 2. The third-order valence-corrected chi connectivity index (χ3v) is 3.54. The van der Waals surface area contributed by atoms with Crippen LogP contribution in [0.2, 0.25) is 0 Å². The molecule has 7 nitrogen and oxygen atoms in total. The molecule has 0 bridgehead atoms. The maximum atomic E-state index is 12.3. The molecule has 0 saturated heterocycles. The monoisotopic (exact) mass is 349 g/mol. The standard InChI is InChI=1S/C19H15N3O4/c23-19(21-18-10-9-16(12-20-18)22(24)25)15-7-4-8-17(11-15)26-13-14-5-2-1-3-6-14/h1-12H,13H2,(H,20,21,23). The number of ether oxygens (including phenoxy) is 1. The van der Waals surface area contributed by atoms with Crippen molar-refractivity contribution in [1.29, 1.82) is 0 Å². The van der Waals surface area contributed by atoms with Crippen LogP contribution in [0.1, 0.15) is 15.9 Å². The number of pyridine rings is 1. The third kappa shape index (κ3) is 4.41. The zero-order chi connectivity index (χ0) is 18.4. The van der Waals surface area contributed by atoms with E-state index in [1.165, 1.54) is 12.1 Å². The number of nitro groups is 1. The highest BCUT2D eigenvalue weighted by Gasteiger charge is 2.10. The van der Waals surface area contributed by atoms with Gasteiger partial charge < -0.3 is 10.1 Å². The van der Waals surface area contributed by atoms with E-state index in [-0.39, 0.29) is 17.4 Å². The van der Waals surface area contributed by atoms with E-state index in [1.54, 1.807) is 24.3 Å². The summed E-state index contributed by atoms with van der Waals surface area (Å²) in [6.07, 6.45) is 1.09. The van der Waals surface area contributed by atoms with Gasteiger partial charge in [-0.15, -0.1) is 0 Å². The minimum absolute atomic E-state index is 0.140. The largest absolute Gasteiger partial charge is 0.489 e. The van der Waals surface area contributed by atoms with Crippen LogP contribution < -0.4 is 10.1 Å². The second-order valence-corrected chi connectivity index (χ2v) is 5.41. The topological polar surface area (TPSA) is 94.4 Å². The Morgan fingerprint density at radius 1 is 1.08 bits per heavy atom. The molecule has 0 aliphatic carbocycles. The van der Waals surface area contributed by atoms with Crippen molar-refractivity contribution in [2.24, 2.45) is 0 Å². The normalized spacial score (nSPS) is 10.2. The van der Waals surface area contributed by atoms with Crippen LogP contribution in [0.5, 0.6) is 5.75 Å². The van der Waals surface area contributed by atoms with Crippen LogP contribution in [0.4, 0.5) is 11.5 Å². The van der Waals surface area contributed by atoms with Crippen molar-refractivity contribution in [1.82, 2.24) is 4.98 Å². The lowest BCUT2D eigenvalue weighted by molar-refractivity contribution is -0.385. The van der Waals surface area contributed by atoms with E-state index in [0.29, 0.717) is 17.9 Å². The van der Waals surface area contributed by atoms with Gasteiger partial charge in [-0.05, 0) is 29.8 Å². The Kier molecular flexibility index (Phi) is 5.19. The van der Waals surface area contributed by atoms with Gasteiger partial charge in [-0.25, -0.2) is 4.98 Å². The summed E-state index contributed by atoms with van der Waals surface area (Å²) in [5.74, 6) is 0.422. The fraction of sp³-hybridized carbons (Fsp3) is 0.0526. The summed E-state index contributed by atoms with van der Waals surface area (Å²) in [4.78, 5) is 26.3. The van der Waals surface area contributed by atoms with Gasteiger partial charge in [0.25, 0.3) is 11.6 Å². The number of hydrogen-bond donors (Lipinski definition) is 1. The molecule has 7 heteroatoms. The molecule has 130 valence electrons. The van der Waals surface area contributed by atoms with Crippen LogP contribution in [-0.2, 0) is 6.61 Å². The Labute approximate surface area is 149 Å². The predicted octanol–water partition coefficient (Wildman–Crippen LogP) is 3.82. The summed E-state index contributed by atoms with van der Waals surface area (Å²) in [7, 11) is 0. The molecule has 0 unspecified atom stereocenters. The van der Waals surface area contributed by atoms with Gasteiger partial charge >= 0.3 is 0 Å². The van der Waals surface area contributed by atoms with Gasteiger partial charge in [0.2, 0.25) is 0 Å². The van der Waals surface area contributed by atoms with E-state index < -0.39 is 4.92 Å². The lowest BCUT2D eigenvalue weighted by atomic mass is 10.2. The Balaban J connectivity index is 1.65. The Morgan fingerprint density at radius 3 is 2.58 bits per heavy atom. The van der Waals surface area contributed by atoms with Gasteiger partial charge in [0.15, 0.2) is 0 Å². The number of aromatic nitrogens is 1. The minimum Gasteiger partial charge on any atom is -0.489 e. The van der Waals surface area contributed by atoms with E-state index in [4.69, 9.17) is 4.74 Å². The van der Waals surface area contributed by atoms with E-state index in [2.05, 4.69) is 10.3 Å². The first-order valence-corrected chi connectivity index (χ1v) is 7.80. The highest BCUT2D eigenvalue weighted by atomic mass is 16.6. The number of benzene rings is 2. The molecule has 0 atom stereocenters. The summed E-state index contributed by atoms with van der Waals surface area (Å²) in [6, 6.07) is 19.1. The van der Waals surface area contributed by atoms with Crippen molar-refractivity contribution in [3.8, 4) is 5.75 Å². The van der Waals surface area contributed by atoms with Crippen LogP contribution in [0.3, 0.4) is 0 Å². The second kappa shape index (κ2) is 7.89. The maximum Gasteiger partial charge on any atom is 0.287 e. The van der Waals surface area contributed by atoms with Crippen molar-refractivity contribution in [3.63, 3.8) is 0 Å². The molecule has 3 rings (SSSR count). The third-order valence-electron chi connectivity index (χ3n) is 3.54. The number of nitrogens with one attached hydrogen (secondary N) is 1. The lowest BCUT2D eigenvalue weighted by Crippen LogP contribution is -2.13. The van der Waals surface area contributed by atoms with Gasteiger partial charge in [0.1, 0.15) is 24.4 Å². The Morgan fingerprint density at radius 2 is 1.88 bits per heavy atom. The van der Waals surface area contributed by atoms with Gasteiger partial charge in [0, 0.05) is 11.6 Å². The molecule has 0 aliphatic rings. The van der Waals surface area contributed by atoms with Gasteiger partial charge in [-0.1, -0.05) is 36.4 Å². The molecule has 0 fully saturated rings. The zero-order valence-corrected chi connectivity index (χ0v) is 13.7.